The molecule has 2 aromatic rings. The standard InChI is InChI=1S/C20H18O5/c1-3-19(21)24-17-10-12-18(13-11-17)25-20(22)14-7-15-5-8-16(9-6-15)23-4-2/h3,5-14H,1,4H2,2H3/b14-7+. The lowest BCUT2D eigenvalue weighted by atomic mass is 10.2. The van der Waals surface area contributed by atoms with Gasteiger partial charge in [0.05, 0.1) is 6.61 Å². The maximum Gasteiger partial charge on any atom is 0.336 e. The Balaban J connectivity index is 1.90. The molecular formula is C20H18O5. The molecular weight excluding hydrogens is 320 g/mol. The maximum atomic E-state index is 11.8. The van der Waals surface area contributed by atoms with Crippen LogP contribution in [-0.4, -0.2) is 18.5 Å². The third kappa shape index (κ3) is 5.99. The van der Waals surface area contributed by atoms with Crippen molar-refractivity contribution in [2.45, 2.75) is 6.92 Å². The molecule has 0 heterocycles. The Kier molecular flexibility index (Phi) is 6.54. The molecule has 0 aliphatic rings. The number of hydrogen-bond donors (Lipinski definition) is 0. The Morgan fingerprint density at radius 2 is 1.40 bits per heavy atom. The highest BCUT2D eigenvalue weighted by Crippen LogP contribution is 2.18. The molecule has 0 radical (unpaired) electrons. The molecule has 0 unspecified atom stereocenters. The summed E-state index contributed by atoms with van der Waals surface area (Å²) in [6.45, 7) is 5.84. The van der Waals surface area contributed by atoms with E-state index in [1.807, 2.05) is 31.2 Å². The van der Waals surface area contributed by atoms with Gasteiger partial charge in [-0.2, -0.15) is 0 Å². The molecule has 25 heavy (non-hydrogen) atoms. The molecule has 0 saturated carbocycles. The van der Waals surface area contributed by atoms with Gasteiger partial charge in [-0.25, -0.2) is 9.59 Å². The van der Waals surface area contributed by atoms with Crippen LogP contribution in [0, 0.1) is 0 Å². The topological polar surface area (TPSA) is 61.8 Å². The van der Waals surface area contributed by atoms with Gasteiger partial charge in [-0.1, -0.05) is 18.7 Å². The fourth-order valence-electron chi connectivity index (χ4n) is 1.89. The summed E-state index contributed by atoms with van der Waals surface area (Å²) >= 11 is 0. The van der Waals surface area contributed by atoms with Gasteiger partial charge in [-0.05, 0) is 55.0 Å². The molecule has 2 aromatic carbocycles. The van der Waals surface area contributed by atoms with Crippen molar-refractivity contribution in [2.75, 3.05) is 6.61 Å². The van der Waals surface area contributed by atoms with Gasteiger partial charge in [0.2, 0.25) is 0 Å². The van der Waals surface area contributed by atoms with Crippen LogP contribution < -0.4 is 14.2 Å². The Bertz CT molecular complexity index is 758. The summed E-state index contributed by atoms with van der Waals surface area (Å²) in [6, 6.07) is 13.5. The van der Waals surface area contributed by atoms with Crippen LogP contribution in [-0.2, 0) is 9.59 Å². The van der Waals surface area contributed by atoms with Crippen molar-refractivity contribution in [3.63, 3.8) is 0 Å². The van der Waals surface area contributed by atoms with Crippen molar-refractivity contribution in [3.05, 3.63) is 72.8 Å². The average molecular weight is 338 g/mol. The molecule has 0 N–H and O–H groups in total. The predicted octanol–water partition coefficient (Wildman–Crippen LogP) is 3.80. The molecule has 0 saturated heterocycles. The minimum atomic E-state index is -0.553. The van der Waals surface area contributed by atoms with Gasteiger partial charge in [0, 0.05) is 12.2 Å². The first-order valence-corrected chi connectivity index (χ1v) is 7.67. The largest absolute Gasteiger partial charge is 0.494 e. The highest BCUT2D eigenvalue weighted by atomic mass is 16.5. The van der Waals surface area contributed by atoms with Gasteiger partial charge >= 0.3 is 11.9 Å². The molecule has 0 fully saturated rings. The lowest BCUT2D eigenvalue weighted by molar-refractivity contribution is -0.130. The molecule has 5 heteroatoms. The highest BCUT2D eigenvalue weighted by Gasteiger charge is 2.03. The number of ether oxygens (including phenoxy) is 3. The van der Waals surface area contributed by atoms with E-state index in [4.69, 9.17) is 14.2 Å². The number of rotatable bonds is 7. The summed E-state index contributed by atoms with van der Waals surface area (Å²) in [7, 11) is 0. The first kappa shape index (κ1) is 18.0. The molecule has 0 spiro atoms. The SMILES string of the molecule is C=CC(=O)Oc1ccc(OC(=O)/C=C/c2ccc(OCC)cc2)cc1. The van der Waals surface area contributed by atoms with Crippen molar-refractivity contribution in [1.82, 2.24) is 0 Å². The van der Waals surface area contributed by atoms with E-state index in [0.717, 1.165) is 17.4 Å². The Morgan fingerprint density at radius 1 is 0.880 bits per heavy atom. The van der Waals surface area contributed by atoms with E-state index in [0.29, 0.717) is 18.1 Å². The lowest BCUT2D eigenvalue weighted by Gasteiger charge is -2.04. The second-order valence-corrected chi connectivity index (χ2v) is 4.85. The molecule has 5 nitrogen and oxygen atoms in total. The molecule has 0 bridgehead atoms. The molecule has 0 aliphatic carbocycles. The fourth-order valence-corrected chi connectivity index (χ4v) is 1.89. The first-order valence-electron chi connectivity index (χ1n) is 7.67. The van der Waals surface area contributed by atoms with Crippen LogP contribution in [0.15, 0.2) is 67.3 Å². The Labute approximate surface area is 146 Å². The normalized spacial score (nSPS) is 10.3. The molecule has 0 aliphatic heterocycles. The predicted molar refractivity (Wildman–Crippen MR) is 94.6 cm³/mol. The van der Waals surface area contributed by atoms with Gasteiger partial charge in [-0.15, -0.1) is 0 Å². The van der Waals surface area contributed by atoms with Crippen molar-refractivity contribution < 1.29 is 23.8 Å². The van der Waals surface area contributed by atoms with Crippen LogP contribution in [0.2, 0.25) is 0 Å². The van der Waals surface area contributed by atoms with Crippen LogP contribution >= 0.6 is 0 Å². The lowest BCUT2D eigenvalue weighted by Crippen LogP contribution is -2.05. The average Bonchev–Trinajstić information content (AvgIpc) is 2.63. The maximum absolute atomic E-state index is 11.8. The summed E-state index contributed by atoms with van der Waals surface area (Å²) in [5.41, 5.74) is 0.854. The van der Waals surface area contributed by atoms with E-state index >= 15 is 0 Å². The van der Waals surface area contributed by atoms with Crippen LogP contribution in [0.4, 0.5) is 0 Å². The van der Waals surface area contributed by atoms with E-state index in [2.05, 4.69) is 6.58 Å². The number of benzene rings is 2. The van der Waals surface area contributed by atoms with Crippen LogP contribution in [0.25, 0.3) is 6.08 Å². The zero-order chi connectivity index (χ0) is 18.1. The van der Waals surface area contributed by atoms with Crippen molar-refractivity contribution in [2.24, 2.45) is 0 Å². The molecule has 128 valence electrons. The molecule has 0 aromatic heterocycles. The summed E-state index contributed by atoms with van der Waals surface area (Å²) in [4.78, 5) is 22.9. The minimum Gasteiger partial charge on any atom is -0.494 e. The monoisotopic (exact) mass is 338 g/mol. The number of carbonyl (C=O) groups excluding carboxylic acids is 2. The van der Waals surface area contributed by atoms with Crippen molar-refractivity contribution in [1.29, 1.82) is 0 Å². The van der Waals surface area contributed by atoms with Gasteiger partial charge in [0.25, 0.3) is 0 Å². The van der Waals surface area contributed by atoms with E-state index in [-0.39, 0.29) is 0 Å². The fraction of sp³-hybridized carbons (Fsp3) is 0.100. The number of hydrogen-bond acceptors (Lipinski definition) is 5. The van der Waals surface area contributed by atoms with Crippen molar-refractivity contribution in [3.8, 4) is 17.2 Å². The second-order valence-electron chi connectivity index (χ2n) is 4.85. The molecule has 0 atom stereocenters. The minimum absolute atomic E-state index is 0.342. The number of esters is 2. The summed E-state index contributed by atoms with van der Waals surface area (Å²) < 4.78 is 15.5. The summed E-state index contributed by atoms with van der Waals surface area (Å²) in [5, 5.41) is 0. The second kappa shape index (κ2) is 9.08. The van der Waals surface area contributed by atoms with Gasteiger partial charge < -0.3 is 14.2 Å². The van der Waals surface area contributed by atoms with Gasteiger partial charge in [0.15, 0.2) is 0 Å². The van der Waals surface area contributed by atoms with E-state index in [9.17, 15) is 9.59 Å². The quantitative estimate of drug-likeness (QED) is 0.437. The Hall–Kier alpha value is -3.34. The highest BCUT2D eigenvalue weighted by molar-refractivity contribution is 5.88. The molecule has 2 rings (SSSR count). The number of carbonyl (C=O) groups is 2. The Morgan fingerprint density at radius 3 is 1.92 bits per heavy atom. The third-order valence-corrected chi connectivity index (χ3v) is 3.03. The zero-order valence-corrected chi connectivity index (χ0v) is 13.8. The first-order chi connectivity index (χ1) is 12.1. The third-order valence-electron chi connectivity index (χ3n) is 3.03. The van der Waals surface area contributed by atoms with E-state index in [1.54, 1.807) is 6.08 Å². The summed E-state index contributed by atoms with van der Waals surface area (Å²) in [6.07, 6.45) is 4.05. The van der Waals surface area contributed by atoms with Crippen LogP contribution in [0.5, 0.6) is 17.2 Å². The van der Waals surface area contributed by atoms with Gasteiger partial charge in [0.1, 0.15) is 17.2 Å². The summed E-state index contributed by atoms with van der Waals surface area (Å²) in [5.74, 6) is 0.404. The van der Waals surface area contributed by atoms with Gasteiger partial charge in [-0.3, -0.25) is 0 Å². The van der Waals surface area contributed by atoms with E-state index < -0.39 is 11.9 Å². The molecule has 0 amide bonds. The van der Waals surface area contributed by atoms with Crippen LogP contribution in [0.1, 0.15) is 12.5 Å². The van der Waals surface area contributed by atoms with Crippen LogP contribution in [0.3, 0.4) is 0 Å². The zero-order valence-electron chi connectivity index (χ0n) is 13.8. The smallest absolute Gasteiger partial charge is 0.336 e. The van der Waals surface area contributed by atoms with Crippen molar-refractivity contribution >= 4 is 18.0 Å². The van der Waals surface area contributed by atoms with E-state index in [1.165, 1.54) is 30.3 Å².